The van der Waals surface area contributed by atoms with E-state index in [1.165, 1.54) is 19.2 Å². The number of nitrogens with zero attached hydrogens (tertiary/aromatic N) is 1. The van der Waals surface area contributed by atoms with Gasteiger partial charge in [-0.1, -0.05) is 46.4 Å². The lowest BCUT2D eigenvalue weighted by Gasteiger charge is -2.18. The summed E-state index contributed by atoms with van der Waals surface area (Å²) in [5, 5.41) is 29.0. The molecule has 0 bridgehead atoms. The van der Waals surface area contributed by atoms with Crippen LogP contribution in [0, 0.1) is 0 Å². The van der Waals surface area contributed by atoms with Crippen molar-refractivity contribution in [3.63, 3.8) is 0 Å². The number of H-pyrrole nitrogens is 1. The van der Waals surface area contributed by atoms with E-state index in [0.717, 1.165) is 0 Å². The second-order valence-corrected chi connectivity index (χ2v) is 5.82. The standard InChI is InChI=1S/C12H10Cl4N2O4/c1-22-11-5(2-4(13)3-6(11)14)10(19)8-9(18(20)21)7(15)12(16)17-8/h2-3,10,17,19-21H,1H3. The molecule has 0 radical (unpaired) electrons. The number of benzene rings is 1. The van der Waals surface area contributed by atoms with Crippen LogP contribution in [0.5, 0.6) is 5.75 Å². The van der Waals surface area contributed by atoms with Gasteiger partial charge in [0.2, 0.25) is 0 Å². The monoisotopic (exact) mass is 386 g/mol. The molecule has 1 aromatic heterocycles. The molecule has 22 heavy (non-hydrogen) atoms. The molecule has 6 nitrogen and oxygen atoms in total. The maximum Gasteiger partial charge on any atom is 0.143 e. The van der Waals surface area contributed by atoms with Crippen molar-refractivity contribution in [2.75, 3.05) is 12.3 Å². The molecule has 2 rings (SSSR count). The number of nitrogens with one attached hydrogen (secondary N) is 1. The second-order valence-electron chi connectivity index (χ2n) is 4.22. The van der Waals surface area contributed by atoms with Gasteiger partial charge in [0.25, 0.3) is 0 Å². The number of ether oxygens (including phenoxy) is 1. The number of anilines is 1. The van der Waals surface area contributed by atoms with Crippen LogP contribution >= 0.6 is 46.4 Å². The normalized spacial score (nSPS) is 12.4. The largest absolute Gasteiger partial charge is 0.495 e. The van der Waals surface area contributed by atoms with Gasteiger partial charge in [-0.25, -0.2) is 0 Å². The molecule has 1 aromatic carbocycles. The molecule has 120 valence electrons. The Bertz CT molecular complexity index is 705. The summed E-state index contributed by atoms with van der Waals surface area (Å²) in [5.74, 6) is 0.175. The first-order valence-electron chi connectivity index (χ1n) is 5.73. The van der Waals surface area contributed by atoms with Gasteiger partial charge < -0.3 is 14.8 Å². The molecule has 2 aromatic rings. The van der Waals surface area contributed by atoms with Crippen LogP contribution in [-0.2, 0) is 0 Å². The fourth-order valence-electron chi connectivity index (χ4n) is 2.00. The molecule has 0 aliphatic carbocycles. The van der Waals surface area contributed by atoms with Gasteiger partial charge in [0.15, 0.2) is 0 Å². The quantitative estimate of drug-likeness (QED) is 0.587. The predicted octanol–water partition coefficient (Wildman–Crippen LogP) is 4.30. The van der Waals surface area contributed by atoms with Crippen LogP contribution in [0.15, 0.2) is 12.1 Å². The van der Waals surface area contributed by atoms with Crippen LogP contribution in [0.4, 0.5) is 5.69 Å². The molecule has 0 aliphatic rings. The van der Waals surface area contributed by atoms with Gasteiger partial charge in [0.05, 0.1) is 17.8 Å². The topological polar surface area (TPSA) is 89.0 Å². The molecule has 0 amide bonds. The van der Waals surface area contributed by atoms with Gasteiger partial charge in [-0.3, -0.25) is 10.4 Å². The van der Waals surface area contributed by atoms with E-state index in [9.17, 15) is 15.5 Å². The van der Waals surface area contributed by atoms with Crippen molar-refractivity contribution in [1.82, 2.24) is 4.98 Å². The van der Waals surface area contributed by atoms with Crippen LogP contribution in [0.1, 0.15) is 17.4 Å². The number of aliphatic hydroxyl groups excluding tert-OH is 1. The van der Waals surface area contributed by atoms with Gasteiger partial charge in [0, 0.05) is 10.6 Å². The number of halogens is 4. The summed E-state index contributed by atoms with van der Waals surface area (Å²) in [7, 11) is 1.37. The Balaban J connectivity index is 2.63. The van der Waals surface area contributed by atoms with Crippen LogP contribution in [0.25, 0.3) is 0 Å². The summed E-state index contributed by atoms with van der Waals surface area (Å²) in [5.41, 5.74) is -0.188. The van der Waals surface area contributed by atoms with Crippen molar-refractivity contribution < 1.29 is 20.3 Å². The van der Waals surface area contributed by atoms with Crippen molar-refractivity contribution in [2.45, 2.75) is 6.10 Å². The zero-order valence-corrected chi connectivity index (χ0v) is 14.0. The molecule has 0 aliphatic heterocycles. The lowest BCUT2D eigenvalue weighted by molar-refractivity contribution is 0.0276. The molecular weight excluding hydrogens is 378 g/mol. The minimum Gasteiger partial charge on any atom is -0.495 e. The zero-order valence-electron chi connectivity index (χ0n) is 10.9. The number of aliphatic hydroxyl groups is 1. The molecule has 1 heterocycles. The third-order valence-electron chi connectivity index (χ3n) is 2.91. The van der Waals surface area contributed by atoms with Crippen molar-refractivity contribution in [2.24, 2.45) is 0 Å². The van der Waals surface area contributed by atoms with Gasteiger partial charge in [-0.15, -0.1) is 5.23 Å². The van der Waals surface area contributed by atoms with E-state index in [4.69, 9.17) is 51.1 Å². The highest BCUT2D eigenvalue weighted by Crippen LogP contribution is 2.43. The first-order chi connectivity index (χ1) is 10.3. The van der Waals surface area contributed by atoms with E-state index in [1.54, 1.807) is 0 Å². The maximum absolute atomic E-state index is 10.5. The molecule has 10 heteroatoms. The van der Waals surface area contributed by atoms with Gasteiger partial charge >= 0.3 is 0 Å². The van der Waals surface area contributed by atoms with Crippen LogP contribution < -0.4 is 9.96 Å². The molecule has 0 saturated heterocycles. The van der Waals surface area contributed by atoms with Crippen LogP contribution in [-0.4, -0.2) is 27.6 Å². The minimum atomic E-state index is -1.41. The van der Waals surface area contributed by atoms with Gasteiger partial charge in [0.1, 0.15) is 27.7 Å². The Hall–Kier alpha value is -0.860. The fourth-order valence-corrected chi connectivity index (χ4v) is 3.00. The molecule has 0 fully saturated rings. The lowest BCUT2D eigenvalue weighted by Crippen LogP contribution is -2.15. The number of hydrogen-bond acceptors (Lipinski definition) is 5. The molecule has 1 atom stereocenters. The average Bonchev–Trinajstić information content (AvgIpc) is 2.73. The lowest BCUT2D eigenvalue weighted by atomic mass is 10.0. The first-order valence-corrected chi connectivity index (χ1v) is 7.24. The fraction of sp³-hybridized carbons (Fsp3) is 0.167. The maximum atomic E-state index is 10.5. The number of rotatable bonds is 4. The Kier molecular flexibility index (Phi) is 5.34. The van der Waals surface area contributed by atoms with E-state index in [2.05, 4.69) is 4.98 Å². The minimum absolute atomic E-state index is 0.0726. The number of methoxy groups -OCH3 is 1. The number of aromatic nitrogens is 1. The van der Waals surface area contributed by atoms with E-state index in [-0.39, 0.29) is 48.1 Å². The van der Waals surface area contributed by atoms with E-state index < -0.39 is 6.10 Å². The highest BCUT2D eigenvalue weighted by Gasteiger charge is 2.28. The SMILES string of the molecule is COc1c(Cl)cc(Cl)cc1C(O)c1[nH]c(Cl)c(Cl)c1N(O)O. The summed E-state index contributed by atoms with van der Waals surface area (Å²) in [4.78, 5) is 2.56. The van der Waals surface area contributed by atoms with Crippen molar-refractivity contribution >= 4 is 52.1 Å². The van der Waals surface area contributed by atoms with Crippen molar-refractivity contribution in [3.8, 4) is 5.75 Å². The molecular formula is C12H10Cl4N2O4. The first kappa shape index (κ1) is 17.5. The average molecular weight is 388 g/mol. The second kappa shape index (κ2) is 6.72. The highest BCUT2D eigenvalue weighted by molar-refractivity contribution is 6.43. The van der Waals surface area contributed by atoms with E-state index >= 15 is 0 Å². The van der Waals surface area contributed by atoms with E-state index in [0.29, 0.717) is 0 Å². The van der Waals surface area contributed by atoms with Crippen LogP contribution in [0.2, 0.25) is 20.2 Å². The third kappa shape index (κ3) is 3.09. The summed E-state index contributed by atoms with van der Waals surface area (Å²) < 4.78 is 5.14. The Morgan fingerprint density at radius 1 is 1.18 bits per heavy atom. The van der Waals surface area contributed by atoms with Gasteiger partial charge in [-0.2, -0.15) is 0 Å². The molecule has 0 spiro atoms. The van der Waals surface area contributed by atoms with Crippen LogP contribution in [0.3, 0.4) is 0 Å². The molecule has 0 saturated carbocycles. The predicted molar refractivity (Wildman–Crippen MR) is 83.9 cm³/mol. The number of hydrogen-bond donors (Lipinski definition) is 4. The third-order valence-corrected chi connectivity index (χ3v) is 4.16. The summed E-state index contributed by atoms with van der Waals surface area (Å²) in [6.45, 7) is 0. The smallest absolute Gasteiger partial charge is 0.143 e. The Morgan fingerprint density at radius 2 is 1.82 bits per heavy atom. The Labute approximate surface area is 145 Å². The molecule has 1 unspecified atom stereocenters. The van der Waals surface area contributed by atoms with Crippen molar-refractivity contribution in [1.29, 1.82) is 0 Å². The number of aromatic amines is 1. The summed E-state index contributed by atoms with van der Waals surface area (Å²) in [6.07, 6.45) is -1.41. The van der Waals surface area contributed by atoms with E-state index in [1.807, 2.05) is 0 Å². The van der Waals surface area contributed by atoms with Crippen molar-refractivity contribution in [3.05, 3.63) is 43.6 Å². The summed E-state index contributed by atoms with van der Waals surface area (Å²) >= 11 is 23.6. The summed E-state index contributed by atoms with van der Waals surface area (Å²) in [6, 6.07) is 2.86. The highest BCUT2D eigenvalue weighted by atomic mass is 35.5. The Morgan fingerprint density at radius 3 is 2.36 bits per heavy atom. The van der Waals surface area contributed by atoms with Gasteiger partial charge in [-0.05, 0) is 12.1 Å². The zero-order chi connectivity index (χ0) is 16.6. The molecule has 4 N–H and O–H groups in total.